The molecule has 1 amide bonds. The summed E-state index contributed by atoms with van der Waals surface area (Å²) in [5, 5.41) is 2.50. The van der Waals surface area contributed by atoms with Crippen molar-refractivity contribution in [3.63, 3.8) is 0 Å². The van der Waals surface area contributed by atoms with Crippen LogP contribution in [0.15, 0.2) is 18.3 Å². The topological polar surface area (TPSA) is 77.5 Å². The van der Waals surface area contributed by atoms with E-state index in [0.717, 1.165) is 17.9 Å². The molecule has 0 radical (unpaired) electrons. The van der Waals surface area contributed by atoms with Crippen molar-refractivity contribution in [1.29, 1.82) is 0 Å². The predicted octanol–water partition coefficient (Wildman–Crippen LogP) is 1.26. The minimum absolute atomic E-state index is 0.148. The summed E-state index contributed by atoms with van der Waals surface area (Å²) < 4.78 is 10.5. The van der Waals surface area contributed by atoms with E-state index in [0.29, 0.717) is 18.1 Å². The zero-order valence-corrected chi connectivity index (χ0v) is 12.6. The van der Waals surface area contributed by atoms with Crippen molar-refractivity contribution >= 4 is 23.6 Å². The van der Waals surface area contributed by atoms with Gasteiger partial charge in [0.05, 0.1) is 6.61 Å². The molecule has 0 aliphatic carbocycles. The maximum atomic E-state index is 11.9. The average molecular weight is 310 g/mol. The molecule has 1 aliphatic rings. The van der Waals surface area contributed by atoms with Gasteiger partial charge in [-0.2, -0.15) is 11.8 Å². The van der Waals surface area contributed by atoms with Crippen LogP contribution in [-0.4, -0.2) is 47.6 Å². The molecule has 0 spiro atoms. The molecule has 2 heterocycles. The van der Waals surface area contributed by atoms with Gasteiger partial charge in [0.2, 0.25) is 5.88 Å². The summed E-state index contributed by atoms with van der Waals surface area (Å²) in [5.41, 5.74) is 0.412. The summed E-state index contributed by atoms with van der Waals surface area (Å²) in [4.78, 5) is 27.2. The van der Waals surface area contributed by atoms with Crippen LogP contribution in [0.2, 0.25) is 0 Å². The smallest absolute Gasteiger partial charge is 0.325 e. The van der Waals surface area contributed by atoms with Crippen molar-refractivity contribution < 1.29 is 19.1 Å². The maximum absolute atomic E-state index is 11.9. The van der Waals surface area contributed by atoms with E-state index in [1.807, 2.05) is 11.8 Å². The number of aromatic nitrogens is 1. The lowest BCUT2D eigenvalue weighted by Gasteiger charge is -2.12. The number of carbonyl (C=O) groups is 2. The number of hydrogen-bond donors (Lipinski definition) is 1. The molecular weight excluding hydrogens is 292 g/mol. The quantitative estimate of drug-likeness (QED) is 0.797. The van der Waals surface area contributed by atoms with Crippen LogP contribution in [0.5, 0.6) is 5.88 Å². The monoisotopic (exact) mass is 310 g/mol. The zero-order valence-electron chi connectivity index (χ0n) is 11.8. The Morgan fingerprint density at radius 2 is 2.38 bits per heavy atom. The van der Waals surface area contributed by atoms with Crippen molar-refractivity contribution in [2.75, 3.05) is 24.7 Å². The first-order chi connectivity index (χ1) is 10.2. The number of rotatable bonds is 6. The van der Waals surface area contributed by atoms with Gasteiger partial charge in [0.1, 0.15) is 12.6 Å². The molecular formula is C14H18N2O4S. The third-order valence-electron chi connectivity index (χ3n) is 2.87. The first-order valence-corrected chi connectivity index (χ1v) is 7.98. The second-order valence-corrected chi connectivity index (χ2v) is 5.62. The van der Waals surface area contributed by atoms with E-state index >= 15 is 0 Å². The highest BCUT2D eigenvalue weighted by Gasteiger charge is 2.18. The number of esters is 1. The lowest BCUT2D eigenvalue weighted by atomic mass is 10.2. The van der Waals surface area contributed by atoms with Gasteiger partial charge in [-0.05, 0) is 25.2 Å². The number of nitrogens with zero attached hydrogens (tertiary/aromatic N) is 1. The highest BCUT2D eigenvalue weighted by Crippen LogP contribution is 2.22. The molecule has 2 rings (SSSR count). The van der Waals surface area contributed by atoms with E-state index in [1.165, 1.54) is 6.20 Å². The van der Waals surface area contributed by atoms with Gasteiger partial charge in [0.25, 0.3) is 5.91 Å². The normalized spacial score (nSPS) is 17.3. The van der Waals surface area contributed by atoms with E-state index in [1.54, 1.807) is 19.1 Å². The van der Waals surface area contributed by atoms with Gasteiger partial charge < -0.3 is 14.8 Å². The number of hydrogen-bond acceptors (Lipinski definition) is 6. The van der Waals surface area contributed by atoms with Crippen LogP contribution in [0.3, 0.4) is 0 Å². The SMILES string of the molecule is CCOC(=O)CNC(=O)c1ccnc(OC2CCSC2)c1. The highest BCUT2D eigenvalue weighted by atomic mass is 32.2. The van der Waals surface area contributed by atoms with Crippen molar-refractivity contribution in [2.24, 2.45) is 0 Å². The minimum atomic E-state index is -0.459. The lowest BCUT2D eigenvalue weighted by molar-refractivity contribution is -0.141. The minimum Gasteiger partial charge on any atom is -0.473 e. The Balaban J connectivity index is 1.89. The van der Waals surface area contributed by atoms with Crippen LogP contribution < -0.4 is 10.1 Å². The number of amides is 1. The van der Waals surface area contributed by atoms with Crippen LogP contribution in [0.4, 0.5) is 0 Å². The van der Waals surface area contributed by atoms with Gasteiger partial charge in [-0.1, -0.05) is 0 Å². The molecule has 1 saturated heterocycles. The number of pyridine rings is 1. The molecule has 0 aromatic carbocycles. The summed E-state index contributed by atoms with van der Waals surface area (Å²) in [6.45, 7) is 1.86. The fourth-order valence-electron chi connectivity index (χ4n) is 1.86. The molecule has 114 valence electrons. The molecule has 1 fully saturated rings. The first-order valence-electron chi connectivity index (χ1n) is 6.83. The maximum Gasteiger partial charge on any atom is 0.325 e. The van der Waals surface area contributed by atoms with Gasteiger partial charge in [0, 0.05) is 23.6 Å². The van der Waals surface area contributed by atoms with Crippen molar-refractivity contribution in [3.8, 4) is 5.88 Å². The van der Waals surface area contributed by atoms with Crippen molar-refractivity contribution in [1.82, 2.24) is 10.3 Å². The summed E-state index contributed by atoms with van der Waals surface area (Å²) in [5.74, 6) is 1.66. The Morgan fingerprint density at radius 1 is 1.52 bits per heavy atom. The third-order valence-corrected chi connectivity index (χ3v) is 4.00. The third kappa shape index (κ3) is 4.93. The average Bonchev–Trinajstić information content (AvgIpc) is 2.98. The fourth-order valence-corrected chi connectivity index (χ4v) is 2.95. The molecule has 7 heteroatoms. The van der Waals surface area contributed by atoms with Gasteiger partial charge in [-0.15, -0.1) is 0 Å². The molecule has 1 atom stereocenters. The van der Waals surface area contributed by atoms with E-state index in [4.69, 9.17) is 9.47 Å². The summed E-state index contributed by atoms with van der Waals surface area (Å²) in [6, 6.07) is 3.17. The van der Waals surface area contributed by atoms with Gasteiger partial charge in [-0.25, -0.2) is 4.98 Å². The predicted molar refractivity (Wildman–Crippen MR) is 79.6 cm³/mol. The van der Waals surface area contributed by atoms with Crippen LogP contribution in [0.25, 0.3) is 0 Å². The number of thioether (sulfide) groups is 1. The van der Waals surface area contributed by atoms with Gasteiger partial charge in [-0.3, -0.25) is 9.59 Å². The van der Waals surface area contributed by atoms with E-state index in [9.17, 15) is 9.59 Å². The van der Waals surface area contributed by atoms with Crippen molar-refractivity contribution in [2.45, 2.75) is 19.4 Å². The first kappa shape index (κ1) is 15.6. The summed E-state index contributed by atoms with van der Waals surface area (Å²) >= 11 is 1.84. The zero-order chi connectivity index (χ0) is 15.1. The van der Waals surface area contributed by atoms with E-state index in [2.05, 4.69) is 10.3 Å². The van der Waals surface area contributed by atoms with Crippen LogP contribution >= 0.6 is 11.8 Å². The second kappa shape index (κ2) is 7.87. The summed E-state index contributed by atoms with van der Waals surface area (Å²) in [7, 11) is 0. The molecule has 1 aliphatic heterocycles. The number of nitrogens with one attached hydrogen (secondary N) is 1. The van der Waals surface area contributed by atoms with Crippen LogP contribution in [0.1, 0.15) is 23.7 Å². The molecule has 6 nitrogen and oxygen atoms in total. The Morgan fingerprint density at radius 3 is 3.10 bits per heavy atom. The Labute approximate surface area is 127 Å². The molecule has 1 aromatic heterocycles. The molecule has 1 aromatic rings. The van der Waals surface area contributed by atoms with Crippen LogP contribution in [-0.2, 0) is 9.53 Å². The number of carbonyl (C=O) groups excluding carboxylic acids is 2. The lowest BCUT2D eigenvalue weighted by Crippen LogP contribution is -2.30. The molecule has 1 unspecified atom stereocenters. The highest BCUT2D eigenvalue weighted by molar-refractivity contribution is 7.99. The Bertz CT molecular complexity index is 504. The largest absolute Gasteiger partial charge is 0.473 e. The molecule has 21 heavy (non-hydrogen) atoms. The second-order valence-electron chi connectivity index (χ2n) is 4.47. The Hall–Kier alpha value is -1.76. The molecule has 0 bridgehead atoms. The van der Waals surface area contributed by atoms with Gasteiger partial charge >= 0.3 is 5.97 Å². The standard InChI is InChI=1S/C14H18N2O4S/c1-2-19-13(17)8-16-14(18)10-3-5-15-12(7-10)20-11-4-6-21-9-11/h3,5,7,11H,2,4,6,8-9H2,1H3,(H,16,18). The van der Waals surface area contributed by atoms with E-state index in [-0.39, 0.29) is 18.6 Å². The van der Waals surface area contributed by atoms with Crippen LogP contribution in [0, 0.1) is 0 Å². The van der Waals surface area contributed by atoms with E-state index < -0.39 is 5.97 Å². The molecule has 1 N–H and O–H groups in total. The van der Waals surface area contributed by atoms with Gasteiger partial charge in [0.15, 0.2) is 0 Å². The summed E-state index contributed by atoms with van der Waals surface area (Å²) in [6.07, 6.45) is 2.67. The molecule has 0 saturated carbocycles. The fraction of sp³-hybridized carbons (Fsp3) is 0.500. The number of ether oxygens (including phenoxy) is 2. The Kier molecular flexibility index (Phi) is 5.86. The van der Waals surface area contributed by atoms with Crippen molar-refractivity contribution in [3.05, 3.63) is 23.9 Å².